The van der Waals surface area contributed by atoms with Gasteiger partial charge >= 0.3 is 118 Å². The van der Waals surface area contributed by atoms with Gasteiger partial charge in [0.1, 0.15) is 0 Å². The van der Waals surface area contributed by atoms with Gasteiger partial charge in [-0.25, -0.2) is 0 Å². The molecule has 0 rings (SSSR count). The average Bonchev–Trinajstić information content (AvgIpc) is 2.32. The minimum atomic E-state index is -4.67. The number of rotatable bonds is 6. The zero-order valence-corrected chi connectivity index (χ0v) is 19.9. The van der Waals surface area contributed by atoms with Gasteiger partial charge in [0.15, 0.2) is 0 Å². The van der Waals surface area contributed by atoms with E-state index in [-0.39, 0.29) is 0 Å². The molecule has 118 valence electrons. The predicted octanol–water partition coefficient (Wildman–Crippen LogP) is 4.43. The van der Waals surface area contributed by atoms with Crippen LogP contribution in [-0.2, 0) is 10.4 Å². The van der Waals surface area contributed by atoms with Crippen LogP contribution in [0, 0.1) is 0 Å². The summed E-state index contributed by atoms with van der Waals surface area (Å²) in [7, 11) is -4.67. The fourth-order valence-electron chi connectivity index (χ4n) is 1.50. The van der Waals surface area contributed by atoms with Crippen LogP contribution in [0.3, 0.4) is 0 Å². The van der Waals surface area contributed by atoms with Crippen molar-refractivity contribution in [2.45, 2.75) is 68.2 Å². The summed E-state index contributed by atoms with van der Waals surface area (Å²) in [6.07, 6.45) is 0. The van der Waals surface area contributed by atoms with Crippen LogP contribution < -0.4 is 0 Å². The van der Waals surface area contributed by atoms with E-state index >= 15 is 0 Å². The van der Waals surface area contributed by atoms with E-state index in [1.807, 2.05) is 0 Å². The maximum Gasteiger partial charge on any atom is 0.394 e. The molecule has 4 nitrogen and oxygen atoms in total. The first-order valence-electron chi connectivity index (χ1n) is 7.06. The van der Waals surface area contributed by atoms with Gasteiger partial charge < -0.3 is 0 Å². The number of hydrogen-bond donors (Lipinski definition) is 2. The van der Waals surface area contributed by atoms with Crippen molar-refractivity contribution in [3.05, 3.63) is 0 Å². The molecule has 0 atom stereocenters. The standard InChI is InChI=1S/6C2H5.H2O4S.2Sn/c6*1-2;1-5(2,3)4;;/h6*1H2,2H3;(H2,1,2,3,4);;. The monoisotopic (exact) mass is 512 g/mol. The molecule has 0 heterocycles. The summed E-state index contributed by atoms with van der Waals surface area (Å²) in [5.74, 6) is 0. The summed E-state index contributed by atoms with van der Waals surface area (Å²) >= 11 is -1.31. The molecule has 0 saturated carbocycles. The Morgan fingerprint density at radius 3 is 0.737 bits per heavy atom. The van der Waals surface area contributed by atoms with Gasteiger partial charge in [-0.15, -0.1) is 0 Å². The van der Waals surface area contributed by atoms with Crippen molar-refractivity contribution in [3.63, 3.8) is 0 Å². The molecule has 0 aliphatic heterocycles. The Morgan fingerprint density at radius 2 is 0.737 bits per heavy atom. The van der Waals surface area contributed by atoms with Crippen molar-refractivity contribution in [1.82, 2.24) is 0 Å². The SMILES string of the molecule is C[CH2][Sn]([CH2]C)[CH2]C.C[CH2][Sn]([CH2]C)[CH2]C.O=S(=O)(O)O. The second kappa shape index (κ2) is 17.5. The summed E-state index contributed by atoms with van der Waals surface area (Å²) in [4.78, 5) is 0. The van der Waals surface area contributed by atoms with E-state index in [2.05, 4.69) is 41.5 Å². The molecule has 0 aliphatic carbocycles. The largest absolute Gasteiger partial charge is 0.394 e. The smallest absolute Gasteiger partial charge is 0.264 e. The zero-order valence-electron chi connectivity index (χ0n) is 13.4. The normalized spacial score (nSPS) is 10.6. The van der Waals surface area contributed by atoms with Crippen molar-refractivity contribution in [2.75, 3.05) is 0 Å². The second-order valence-corrected chi connectivity index (χ2v) is 25.6. The Bertz CT molecular complexity index is 219. The van der Waals surface area contributed by atoms with Crippen LogP contribution in [0.5, 0.6) is 0 Å². The Hall–Kier alpha value is 1.47. The molecule has 0 aromatic carbocycles. The minimum absolute atomic E-state index is 0.653. The van der Waals surface area contributed by atoms with Crippen molar-refractivity contribution in [3.8, 4) is 0 Å². The van der Waals surface area contributed by atoms with Gasteiger partial charge in [-0.2, -0.15) is 8.42 Å². The van der Waals surface area contributed by atoms with E-state index in [4.69, 9.17) is 17.5 Å². The third kappa shape index (κ3) is 32.7. The molecule has 7 heteroatoms. The summed E-state index contributed by atoms with van der Waals surface area (Å²) in [6.45, 7) is 14.1. The summed E-state index contributed by atoms with van der Waals surface area (Å²) in [5, 5.41) is 0. The van der Waals surface area contributed by atoms with Crippen molar-refractivity contribution in [1.29, 1.82) is 0 Å². The molecule has 2 radical (unpaired) electrons. The van der Waals surface area contributed by atoms with Gasteiger partial charge in [0.2, 0.25) is 0 Å². The first kappa shape index (κ1) is 25.4. The van der Waals surface area contributed by atoms with Crippen molar-refractivity contribution in [2.24, 2.45) is 0 Å². The van der Waals surface area contributed by atoms with E-state index in [9.17, 15) is 0 Å². The van der Waals surface area contributed by atoms with Gasteiger partial charge in [0.05, 0.1) is 0 Å². The van der Waals surface area contributed by atoms with E-state index < -0.39 is 49.9 Å². The fraction of sp³-hybridized carbons (Fsp3) is 1.00. The molecule has 0 amide bonds. The predicted molar refractivity (Wildman–Crippen MR) is 88.6 cm³/mol. The minimum Gasteiger partial charge on any atom is -0.264 e. The molecule has 0 bridgehead atoms. The van der Waals surface area contributed by atoms with Gasteiger partial charge in [-0.05, 0) is 0 Å². The molecule has 2 N–H and O–H groups in total. The van der Waals surface area contributed by atoms with Gasteiger partial charge in [0, 0.05) is 0 Å². The topological polar surface area (TPSA) is 74.6 Å². The Labute approximate surface area is 134 Å². The van der Waals surface area contributed by atoms with Crippen LogP contribution in [0.2, 0.25) is 26.6 Å². The molecule has 0 unspecified atom stereocenters. The molecule has 0 fully saturated rings. The van der Waals surface area contributed by atoms with Crippen LogP contribution in [0.1, 0.15) is 41.5 Å². The van der Waals surface area contributed by atoms with Crippen LogP contribution >= 0.6 is 0 Å². The maximum atomic E-state index is 8.74. The van der Waals surface area contributed by atoms with Crippen LogP contribution in [0.4, 0.5) is 0 Å². The molecule has 0 aliphatic rings. The third-order valence-corrected chi connectivity index (χ3v) is 20.1. The van der Waals surface area contributed by atoms with Crippen LogP contribution in [0.15, 0.2) is 0 Å². The Kier molecular flexibility index (Phi) is 23.4. The van der Waals surface area contributed by atoms with Crippen LogP contribution in [0.25, 0.3) is 0 Å². The summed E-state index contributed by atoms with van der Waals surface area (Å²) < 4.78 is 40.9. The molecule has 0 aromatic heterocycles. The number of hydrogen-bond acceptors (Lipinski definition) is 2. The fourth-order valence-corrected chi connectivity index (χ4v) is 10.1. The van der Waals surface area contributed by atoms with Gasteiger partial charge in [-0.1, -0.05) is 0 Å². The molecule has 0 saturated heterocycles. The van der Waals surface area contributed by atoms with Gasteiger partial charge in [0.25, 0.3) is 0 Å². The molecule has 19 heavy (non-hydrogen) atoms. The third-order valence-electron chi connectivity index (χ3n) is 3.00. The second-order valence-electron chi connectivity index (χ2n) is 4.07. The maximum absolute atomic E-state index is 8.74. The van der Waals surface area contributed by atoms with E-state index in [0.717, 1.165) is 0 Å². The summed E-state index contributed by atoms with van der Waals surface area (Å²) in [6, 6.07) is 0. The average molecular weight is 510 g/mol. The van der Waals surface area contributed by atoms with Crippen molar-refractivity contribution < 1.29 is 17.5 Å². The molecule has 0 spiro atoms. The van der Waals surface area contributed by atoms with E-state index in [0.29, 0.717) is 0 Å². The summed E-state index contributed by atoms with van der Waals surface area (Å²) in [5.41, 5.74) is 0. The molecule has 0 aromatic rings. The van der Waals surface area contributed by atoms with E-state index in [1.165, 1.54) is 0 Å². The van der Waals surface area contributed by atoms with E-state index in [1.54, 1.807) is 26.6 Å². The first-order valence-corrected chi connectivity index (χ1v) is 20.6. The quantitative estimate of drug-likeness (QED) is 0.410. The van der Waals surface area contributed by atoms with Crippen LogP contribution in [-0.4, -0.2) is 57.0 Å². The van der Waals surface area contributed by atoms with Crippen molar-refractivity contribution >= 4 is 49.9 Å². The first-order chi connectivity index (χ1) is 8.69. The molecular weight excluding hydrogens is 478 g/mol. The Morgan fingerprint density at radius 1 is 0.632 bits per heavy atom. The zero-order chi connectivity index (χ0) is 15.9. The molecular formula is C12H32O4SSn2. The van der Waals surface area contributed by atoms with Gasteiger partial charge in [-0.3, -0.25) is 9.11 Å². The Balaban J connectivity index is -0.000000206.